The molecule has 2 aliphatic rings. The smallest absolute Gasteiger partial charge is 0.242 e. The van der Waals surface area contributed by atoms with Crippen molar-refractivity contribution in [3.05, 3.63) is 35.4 Å². The fourth-order valence-corrected chi connectivity index (χ4v) is 3.53. The molecule has 25 heavy (non-hydrogen) atoms. The van der Waals surface area contributed by atoms with Crippen molar-refractivity contribution in [2.75, 3.05) is 13.1 Å². The van der Waals surface area contributed by atoms with Crippen LogP contribution < -0.4 is 10.6 Å². The lowest BCUT2D eigenvalue weighted by atomic mass is 10.0. The minimum Gasteiger partial charge on any atom is -0.350 e. The molecule has 2 aliphatic heterocycles. The van der Waals surface area contributed by atoms with Crippen molar-refractivity contribution in [3.63, 3.8) is 0 Å². The third kappa shape index (κ3) is 4.75. The molecule has 7 heteroatoms. The number of benzene rings is 1. The molecule has 0 aromatic heterocycles. The van der Waals surface area contributed by atoms with Gasteiger partial charge in [0.2, 0.25) is 11.8 Å². The maximum Gasteiger partial charge on any atom is 0.242 e. The van der Waals surface area contributed by atoms with Crippen LogP contribution in [-0.2, 0) is 16.1 Å². The monoisotopic (exact) mass is 351 g/mol. The lowest BCUT2D eigenvalue weighted by molar-refractivity contribution is -0.131. The Kier molecular flexibility index (Phi) is 5.63. The van der Waals surface area contributed by atoms with Gasteiger partial charge in [-0.3, -0.25) is 14.5 Å². The minimum atomic E-state index is -0.461. The normalized spacial score (nSPS) is 24.6. The molecule has 0 saturated carbocycles. The van der Waals surface area contributed by atoms with Crippen LogP contribution in [0.1, 0.15) is 37.7 Å². The summed E-state index contributed by atoms with van der Waals surface area (Å²) >= 11 is 0. The number of hydrogen-bond acceptors (Lipinski definition) is 3. The molecule has 0 bridgehead atoms. The molecule has 0 radical (unpaired) electrons. The first kappa shape index (κ1) is 17.8. The predicted octanol–water partition coefficient (Wildman–Crippen LogP) is 1.71. The molecule has 2 N–H and O–H groups in total. The van der Waals surface area contributed by atoms with Crippen LogP contribution >= 0.6 is 0 Å². The molecule has 1 aromatic carbocycles. The van der Waals surface area contributed by atoms with Crippen molar-refractivity contribution < 1.29 is 18.4 Å². The molecule has 0 unspecified atom stereocenters. The molecular formula is C18H23F2N3O2. The lowest BCUT2D eigenvalue weighted by Crippen LogP contribution is -2.54. The quantitative estimate of drug-likeness (QED) is 0.868. The van der Waals surface area contributed by atoms with E-state index in [2.05, 4.69) is 10.6 Å². The summed E-state index contributed by atoms with van der Waals surface area (Å²) in [6.45, 7) is 1.68. The molecular weight excluding hydrogens is 328 g/mol. The van der Waals surface area contributed by atoms with E-state index in [0.29, 0.717) is 31.5 Å². The van der Waals surface area contributed by atoms with Crippen molar-refractivity contribution in [1.82, 2.24) is 15.5 Å². The second kappa shape index (κ2) is 7.91. The second-order valence-corrected chi connectivity index (χ2v) is 6.83. The van der Waals surface area contributed by atoms with Crippen molar-refractivity contribution in [2.24, 2.45) is 0 Å². The second-order valence-electron chi connectivity index (χ2n) is 6.83. The Hall–Kier alpha value is -2.02. The molecule has 0 spiro atoms. The van der Waals surface area contributed by atoms with Gasteiger partial charge in [0.15, 0.2) is 0 Å². The average Bonchev–Trinajstić information content (AvgIpc) is 2.58. The average molecular weight is 351 g/mol. The number of likely N-dealkylation sites (tertiary alicyclic amines) is 1. The van der Waals surface area contributed by atoms with Crippen LogP contribution in [0.25, 0.3) is 0 Å². The zero-order valence-corrected chi connectivity index (χ0v) is 14.1. The van der Waals surface area contributed by atoms with E-state index < -0.39 is 17.7 Å². The van der Waals surface area contributed by atoms with Crippen LogP contribution in [0, 0.1) is 11.6 Å². The third-order valence-corrected chi connectivity index (χ3v) is 4.80. The van der Waals surface area contributed by atoms with Gasteiger partial charge >= 0.3 is 0 Å². The first-order valence-corrected chi connectivity index (χ1v) is 8.77. The van der Waals surface area contributed by atoms with Gasteiger partial charge < -0.3 is 10.6 Å². The summed E-state index contributed by atoms with van der Waals surface area (Å²) in [5.74, 6) is -1.11. The molecule has 0 aliphatic carbocycles. The topological polar surface area (TPSA) is 61.4 Å². The summed E-state index contributed by atoms with van der Waals surface area (Å²) in [5, 5.41) is 5.70. The molecule has 2 saturated heterocycles. The molecule has 2 fully saturated rings. The van der Waals surface area contributed by atoms with E-state index in [9.17, 15) is 18.4 Å². The third-order valence-electron chi connectivity index (χ3n) is 4.80. The molecule has 5 nitrogen and oxygen atoms in total. The summed E-state index contributed by atoms with van der Waals surface area (Å²) in [6.07, 6.45) is 3.57. The van der Waals surface area contributed by atoms with Crippen LogP contribution in [0.3, 0.4) is 0 Å². The number of carbonyl (C=O) groups excluding carboxylic acids is 2. The standard InChI is InChI=1S/C18H23F2N3O2/c19-13-6-7-15(20)12(9-13)10-23-8-2-3-14(11-23)21-18(25)16-4-1-5-17(24)22-16/h6-7,9,14,16H,1-5,8,10-11H2,(H,21,25)(H,22,24)/t14-,16+/m0/s1. The summed E-state index contributed by atoms with van der Waals surface area (Å²) in [6, 6.07) is 2.96. The Morgan fingerprint density at radius 3 is 2.92 bits per heavy atom. The van der Waals surface area contributed by atoms with E-state index in [-0.39, 0.29) is 17.9 Å². The molecule has 136 valence electrons. The zero-order chi connectivity index (χ0) is 17.8. The summed E-state index contributed by atoms with van der Waals surface area (Å²) in [4.78, 5) is 25.8. The van der Waals surface area contributed by atoms with Crippen molar-refractivity contribution in [1.29, 1.82) is 0 Å². The fourth-order valence-electron chi connectivity index (χ4n) is 3.53. The summed E-state index contributed by atoms with van der Waals surface area (Å²) < 4.78 is 27.1. The Morgan fingerprint density at radius 1 is 1.28 bits per heavy atom. The molecule has 2 amide bonds. The van der Waals surface area contributed by atoms with E-state index in [1.807, 2.05) is 4.90 Å². The van der Waals surface area contributed by atoms with E-state index in [1.54, 1.807) is 0 Å². The fraction of sp³-hybridized carbons (Fsp3) is 0.556. The summed E-state index contributed by atoms with van der Waals surface area (Å²) in [5.41, 5.74) is 0.325. The summed E-state index contributed by atoms with van der Waals surface area (Å²) in [7, 11) is 0. The number of hydrogen-bond donors (Lipinski definition) is 2. The van der Waals surface area contributed by atoms with Crippen molar-refractivity contribution >= 4 is 11.8 Å². The predicted molar refractivity (Wildman–Crippen MR) is 88.6 cm³/mol. The van der Waals surface area contributed by atoms with Gasteiger partial charge in [-0.1, -0.05) is 0 Å². The molecule has 3 rings (SSSR count). The Morgan fingerprint density at radius 2 is 2.12 bits per heavy atom. The van der Waals surface area contributed by atoms with Gasteiger partial charge in [-0.05, 0) is 50.4 Å². The maximum absolute atomic E-state index is 13.8. The number of halogens is 2. The highest BCUT2D eigenvalue weighted by molar-refractivity contribution is 5.88. The van der Waals surface area contributed by atoms with Crippen molar-refractivity contribution in [2.45, 2.75) is 50.7 Å². The SMILES string of the molecule is O=C1CCC[C@H](C(=O)N[C@H]2CCCN(Cc3cc(F)ccc3F)C2)N1. The van der Waals surface area contributed by atoms with E-state index in [4.69, 9.17) is 0 Å². The van der Waals surface area contributed by atoms with Gasteiger partial charge in [0, 0.05) is 31.1 Å². The highest BCUT2D eigenvalue weighted by Gasteiger charge is 2.28. The maximum atomic E-state index is 13.8. The molecule has 2 heterocycles. The van der Waals surface area contributed by atoms with Crippen molar-refractivity contribution in [3.8, 4) is 0 Å². The highest BCUT2D eigenvalue weighted by Crippen LogP contribution is 2.17. The Balaban J connectivity index is 1.55. The van der Waals surface area contributed by atoms with Gasteiger partial charge in [0.1, 0.15) is 17.7 Å². The van der Waals surface area contributed by atoms with Crippen LogP contribution in [-0.4, -0.2) is 41.9 Å². The van der Waals surface area contributed by atoms with Crippen LogP contribution in [0.2, 0.25) is 0 Å². The number of rotatable bonds is 4. The van der Waals surface area contributed by atoms with E-state index in [1.165, 1.54) is 6.07 Å². The van der Waals surface area contributed by atoms with Gasteiger partial charge in [-0.2, -0.15) is 0 Å². The number of amides is 2. The van der Waals surface area contributed by atoms with Gasteiger partial charge in [0.05, 0.1) is 0 Å². The molecule has 2 atom stereocenters. The number of nitrogens with zero attached hydrogens (tertiary/aromatic N) is 1. The number of piperidine rings is 2. The van der Waals surface area contributed by atoms with Crippen LogP contribution in [0.5, 0.6) is 0 Å². The number of carbonyl (C=O) groups is 2. The highest BCUT2D eigenvalue weighted by atomic mass is 19.1. The minimum absolute atomic E-state index is 0.0447. The van der Waals surface area contributed by atoms with Gasteiger partial charge in [-0.25, -0.2) is 8.78 Å². The van der Waals surface area contributed by atoms with Gasteiger partial charge in [-0.15, -0.1) is 0 Å². The van der Waals surface area contributed by atoms with E-state index >= 15 is 0 Å². The lowest BCUT2D eigenvalue weighted by Gasteiger charge is -2.34. The van der Waals surface area contributed by atoms with Gasteiger partial charge in [0.25, 0.3) is 0 Å². The first-order chi connectivity index (χ1) is 12.0. The number of nitrogens with one attached hydrogen (secondary N) is 2. The zero-order valence-electron chi connectivity index (χ0n) is 14.1. The largest absolute Gasteiger partial charge is 0.350 e. The molecule has 1 aromatic rings. The first-order valence-electron chi connectivity index (χ1n) is 8.77. The Bertz CT molecular complexity index is 653. The van der Waals surface area contributed by atoms with E-state index in [0.717, 1.165) is 37.9 Å². The van der Waals surface area contributed by atoms with Crippen LogP contribution in [0.4, 0.5) is 8.78 Å². The Labute approximate surface area is 145 Å². The van der Waals surface area contributed by atoms with Crippen LogP contribution in [0.15, 0.2) is 18.2 Å².